The minimum absolute atomic E-state index is 0.626. The summed E-state index contributed by atoms with van der Waals surface area (Å²) in [5, 5.41) is 12.0. The Balaban J connectivity index is 1.76. The molecule has 0 aliphatic heterocycles. The third-order valence-electron chi connectivity index (χ3n) is 3.53. The van der Waals surface area contributed by atoms with E-state index in [0.717, 1.165) is 22.7 Å². The van der Waals surface area contributed by atoms with Crippen LogP contribution < -0.4 is 0 Å². The molecule has 0 radical (unpaired) electrons. The Bertz CT molecular complexity index is 774. The molecule has 0 amide bonds. The molecule has 1 aromatic heterocycles. The van der Waals surface area contributed by atoms with Crippen LogP contribution >= 0.6 is 0 Å². The molecule has 22 heavy (non-hydrogen) atoms. The molecule has 110 valence electrons. The molecule has 3 aromatic rings. The van der Waals surface area contributed by atoms with Gasteiger partial charge in [-0.05, 0) is 24.6 Å². The summed E-state index contributed by atoms with van der Waals surface area (Å²) in [5.74, 6) is 0.991. The van der Waals surface area contributed by atoms with Gasteiger partial charge < -0.3 is 9.77 Å². The lowest BCUT2D eigenvalue weighted by Crippen LogP contribution is -2.02. The number of aromatic nitrogens is 2. The topological polar surface area (TPSA) is 43.9 Å². The van der Waals surface area contributed by atoms with Crippen LogP contribution in [0.1, 0.15) is 17.0 Å². The van der Waals surface area contributed by atoms with Crippen molar-refractivity contribution in [2.45, 2.75) is 13.5 Å². The van der Waals surface area contributed by atoms with E-state index in [2.05, 4.69) is 9.55 Å². The van der Waals surface area contributed by atoms with Gasteiger partial charge in [0.25, 0.3) is 0 Å². The number of rotatable bonds is 4. The Morgan fingerprint density at radius 1 is 1.09 bits per heavy atom. The van der Waals surface area contributed by atoms with E-state index in [1.54, 1.807) is 24.5 Å². The summed E-state index contributed by atoms with van der Waals surface area (Å²) in [6, 6.07) is 17.2. The van der Waals surface area contributed by atoms with Crippen LogP contribution in [-0.2, 0) is 6.54 Å². The molecular formula is C18H17N3O. The molecule has 0 atom stereocenters. The molecular weight excluding hydrogens is 274 g/mol. The van der Waals surface area contributed by atoms with E-state index < -0.39 is 0 Å². The summed E-state index contributed by atoms with van der Waals surface area (Å²) >= 11 is 0. The first-order valence-electron chi connectivity index (χ1n) is 7.15. The summed E-state index contributed by atoms with van der Waals surface area (Å²) in [4.78, 5) is 4.21. The second-order valence-electron chi connectivity index (χ2n) is 5.13. The van der Waals surface area contributed by atoms with Gasteiger partial charge in [0.05, 0.1) is 0 Å². The van der Waals surface area contributed by atoms with Gasteiger partial charge in [-0.15, -0.1) is 0 Å². The highest BCUT2D eigenvalue weighted by atomic mass is 16.5. The van der Waals surface area contributed by atoms with Crippen LogP contribution in [0.5, 0.6) is 0 Å². The third-order valence-corrected chi connectivity index (χ3v) is 3.53. The lowest BCUT2D eigenvalue weighted by Gasteiger charge is -2.06. The van der Waals surface area contributed by atoms with Crippen molar-refractivity contribution in [1.29, 1.82) is 0 Å². The van der Waals surface area contributed by atoms with Crippen molar-refractivity contribution in [2.75, 3.05) is 0 Å². The Morgan fingerprint density at radius 3 is 2.45 bits per heavy atom. The minimum Gasteiger partial charge on any atom is -0.618 e. The number of benzene rings is 2. The van der Waals surface area contributed by atoms with E-state index in [-0.39, 0.29) is 0 Å². The number of imidazole rings is 1. The van der Waals surface area contributed by atoms with Crippen molar-refractivity contribution in [3.8, 4) is 0 Å². The third kappa shape index (κ3) is 3.23. The van der Waals surface area contributed by atoms with Gasteiger partial charge >= 0.3 is 0 Å². The molecule has 0 aliphatic rings. The predicted molar refractivity (Wildman–Crippen MR) is 87.4 cm³/mol. The number of para-hydroxylation sites is 1. The summed E-state index contributed by atoms with van der Waals surface area (Å²) in [6.45, 7) is 2.77. The first kappa shape index (κ1) is 14.1. The lowest BCUT2D eigenvalue weighted by atomic mass is 10.1. The maximum absolute atomic E-state index is 12.0. The molecule has 0 spiro atoms. The van der Waals surface area contributed by atoms with Crippen molar-refractivity contribution in [3.05, 3.63) is 89.1 Å². The molecule has 0 saturated heterocycles. The number of aryl methyl sites for hydroxylation is 1. The van der Waals surface area contributed by atoms with Crippen molar-refractivity contribution in [1.82, 2.24) is 9.55 Å². The maximum Gasteiger partial charge on any atom is 0.216 e. The van der Waals surface area contributed by atoms with Gasteiger partial charge in [-0.2, -0.15) is 4.74 Å². The number of nitrogens with zero attached hydrogens (tertiary/aromatic N) is 3. The highest BCUT2D eigenvalue weighted by molar-refractivity contribution is 5.76. The fraction of sp³-hybridized carbons (Fsp3) is 0.111. The normalized spacial score (nSPS) is 11.6. The van der Waals surface area contributed by atoms with E-state index in [0.29, 0.717) is 5.69 Å². The Labute approximate surface area is 129 Å². The average Bonchev–Trinajstić information content (AvgIpc) is 2.95. The van der Waals surface area contributed by atoms with Gasteiger partial charge in [-0.1, -0.05) is 30.3 Å². The number of hydrogen-bond acceptors (Lipinski definition) is 2. The van der Waals surface area contributed by atoms with E-state index in [4.69, 9.17) is 0 Å². The summed E-state index contributed by atoms with van der Waals surface area (Å²) in [5.41, 5.74) is 2.68. The minimum atomic E-state index is 0.626. The highest BCUT2D eigenvalue weighted by Gasteiger charge is 2.02. The van der Waals surface area contributed by atoms with Crippen molar-refractivity contribution in [3.63, 3.8) is 0 Å². The zero-order valence-electron chi connectivity index (χ0n) is 12.4. The Morgan fingerprint density at radius 2 is 1.82 bits per heavy atom. The fourth-order valence-corrected chi connectivity index (χ4v) is 2.26. The molecule has 0 bridgehead atoms. The van der Waals surface area contributed by atoms with Gasteiger partial charge in [-0.25, -0.2) is 4.98 Å². The first-order valence-corrected chi connectivity index (χ1v) is 7.15. The van der Waals surface area contributed by atoms with Crippen molar-refractivity contribution < 1.29 is 4.74 Å². The molecule has 3 rings (SSSR count). The molecule has 0 N–H and O–H groups in total. The summed E-state index contributed by atoms with van der Waals surface area (Å²) in [6.07, 6.45) is 5.35. The molecule has 0 fully saturated rings. The summed E-state index contributed by atoms with van der Waals surface area (Å²) < 4.78 is 2.97. The van der Waals surface area contributed by atoms with E-state index in [1.807, 2.05) is 55.6 Å². The maximum atomic E-state index is 12.0. The smallest absolute Gasteiger partial charge is 0.216 e. The van der Waals surface area contributed by atoms with E-state index in [1.165, 1.54) is 5.56 Å². The van der Waals surface area contributed by atoms with Gasteiger partial charge in [0.15, 0.2) is 6.21 Å². The van der Waals surface area contributed by atoms with Crippen molar-refractivity contribution >= 4 is 11.9 Å². The van der Waals surface area contributed by atoms with Gasteiger partial charge in [-0.3, -0.25) is 0 Å². The second kappa shape index (κ2) is 6.26. The van der Waals surface area contributed by atoms with Gasteiger partial charge in [0.2, 0.25) is 5.69 Å². The second-order valence-corrected chi connectivity index (χ2v) is 5.13. The van der Waals surface area contributed by atoms with Crippen LogP contribution in [0.3, 0.4) is 0 Å². The highest BCUT2D eigenvalue weighted by Crippen LogP contribution is 2.11. The Kier molecular flexibility index (Phi) is 4.01. The molecule has 0 unspecified atom stereocenters. The van der Waals surface area contributed by atoms with Crippen LogP contribution in [0.15, 0.2) is 67.0 Å². The van der Waals surface area contributed by atoms with E-state index in [9.17, 15) is 5.21 Å². The van der Waals surface area contributed by atoms with Crippen LogP contribution in [-0.4, -0.2) is 20.5 Å². The monoisotopic (exact) mass is 291 g/mol. The summed E-state index contributed by atoms with van der Waals surface area (Å²) in [7, 11) is 0. The zero-order chi connectivity index (χ0) is 15.4. The first-order chi connectivity index (χ1) is 10.7. The molecule has 1 heterocycles. The molecule has 2 aromatic carbocycles. The van der Waals surface area contributed by atoms with E-state index >= 15 is 0 Å². The van der Waals surface area contributed by atoms with Crippen LogP contribution in [0.4, 0.5) is 5.69 Å². The Hall–Kier alpha value is -2.88. The molecule has 0 saturated carbocycles. The lowest BCUT2D eigenvalue weighted by molar-refractivity contribution is -0.354. The number of hydrogen-bond donors (Lipinski definition) is 0. The van der Waals surface area contributed by atoms with Crippen LogP contribution in [0, 0.1) is 12.1 Å². The zero-order valence-corrected chi connectivity index (χ0v) is 12.4. The van der Waals surface area contributed by atoms with Crippen molar-refractivity contribution in [2.24, 2.45) is 0 Å². The molecule has 4 heteroatoms. The SMILES string of the molecule is Cc1nccn1Cc1ccc(C=[N+]([O-])c2ccccc2)cc1. The van der Waals surface area contributed by atoms with Gasteiger partial charge in [0.1, 0.15) is 5.82 Å². The molecule has 4 nitrogen and oxygen atoms in total. The standard InChI is InChI=1S/C18H17N3O/c1-15-19-11-12-20(15)13-16-7-9-17(10-8-16)14-21(22)18-5-3-2-4-6-18/h2-12,14H,13H2,1H3. The average molecular weight is 291 g/mol. The predicted octanol–water partition coefficient (Wildman–Crippen LogP) is 3.50. The van der Waals surface area contributed by atoms with Crippen LogP contribution in [0.2, 0.25) is 0 Å². The molecule has 0 aliphatic carbocycles. The quantitative estimate of drug-likeness (QED) is 0.319. The fourth-order valence-electron chi connectivity index (χ4n) is 2.26. The van der Waals surface area contributed by atoms with Gasteiger partial charge in [0, 0.05) is 36.6 Å². The largest absolute Gasteiger partial charge is 0.618 e. The van der Waals surface area contributed by atoms with Crippen LogP contribution in [0.25, 0.3) is 0 Å².